The number of rotatable bonds is 4. The van der Waals surface area contributed by atoms with Crippen molar-refractivity contribution in [3.8, 4) is 28.3 Å². The highest BCUT2D eigenvalue weighted by atomic mass is 79.9. The summed E-state index contributed by atoms with van der Waals surface area (Å²) in [6.45, 7) is 2.01. The van der Waals surface area contributed by atoms with Gasteiger partial charge in [-0.25, -0.2) is 4.98 Å². The maximum absolute atomic E-state index is 10.3. The zero-order valence-electron chi connectivity index (χ0n) is 15.9. The highest BCUT2D eigenvalue weighted by Gasteiger charge is 2.15. The van der Waals surface area contributed by atoms with Crippen molar-refractivity contribution in [3.05, 3.63) is 100 Å². The second-order valence-electron chi connectivity index (χ2n) is 6.77. The monoisotopic (exact) mass is 442 g/mol. The number of hydrogen-bond donors (Lipinski definition) is 1. The molecule has 0 aliphatic carbocycles. The molecule has 0 bridgehead atoms. The van der Waals surface area contributed by atoms with Gasteiger partial charge in [0, 0.05) is 33.6 Å². The molecule has 0 unspecified atom stereocenters. The lowest BCUT2D eigenvalue weighted by molar-refractivity contribution is 0.477. The Hall–Kier alpha value is -3.24. The van der Waals surface area contributed by atoms with Crippen LogP contribution in [0.5, 0.6) is 5.75 Å². The van der Waals surface area contributed by atoms with E-state index in [-0.39, 0.29) is 5.75 Å². The van der Waals surface area contributed by atoms with Crippen molar-refractivity contribution in [2.45, 2.75) is 6.92 Å². The van der Waals surface area contributed by atoms with Crippen LogP contribution in [0.1, 0.15) is 16.7 Å². The van der Waals surface area contributed by atoms with E-state index in [1.54, 1.807) is 12.1 Å². The molecular formula is C25H19BrN2O. The van der Waals surface area contributed by atoms with E-state index in [0.29, 0.717) is 11.3 Å². The molecule has 0 amide bonds. The fourth-order valence-electron chi connectivity index (χ4n) is 3.16. The Bertz CT molecular complexity index is 1190. The predicted octanol–water partition coefficient (Wildman–Crippen LogP) is 6.76. The zero-order valence-corrected chi connectivity index (χ0v) is 17.5. The number of aromatic nitrogens is 2. The number of phenolic OH excluding ortho intramolecular Hbond substituents is 1. The summed E-state index contributed by atoms with van der Waals surface area (Å²) in [6, 6.07) is 21.5. The first-order chi connectivity index (χ1) is 14.1. The van der Waals surface area contributed by atoms with Gasteiger partial charge in [-0.3, -0.25) is 4.98 Å². The van der Waals surface area contributed by atoms with Crippen molar-refractivity contribution >= 4 is 28.1 Å². The first kappa shape index (κ1) is 19.1. The van der Waals surface area contributed by atoms with Crippen LogP contribution in [0.15, 0.2) is 83.6 Å². The molecule has 3 nitrogen and oxygen atoms in total. The zero-order chi connectivity index (χ0) is 20.2. The first-order valence-electron chi connectivity index (χ1n) is 9.26. The average molecular weight is 443 g/mol. The van der Waals surface area contributed by atoms with Gasteiger partial charge in [-0.05, 0) is 58.2 Å². The maximum Gasteiger partial charge on any atom is 0.125 e. The van der Waals surface area contributed by atoms with E-state index in [4.69, 9.17) is 4.98 Å². The molecule has 1 N–H and O–H groups in total. The standard InChI is InChI=1S/C25H19BrN2O/c1-17-13-20(16-27-15-17)24-19(12-11-18-7-3-2-4-8-18)14-22(26)25(28-24)21-9-5-6-10-23(21)29/h2-16,29H,1H3/b12-11+. The summed E-state index contributed by atoms with van der Waals surface area (Å²) in [5.41, 5.74) is 6.26. The van der Waals surface area contributed by atoms with Crippen LogP contribution >= 0.6 is 15.9 Å². The van der Waals surface area contributed by atoms with Gasteiger partial charge in [-0.1, -0.05) is 54.6 Å². The van der Waals surface area contributed by atoms with Crippen molar-refractivity contribution in [2.24, 2.45) is 0 Å². The van der Waals surface area contributed by atoms with Crippen LogP contribution in [0.2, 0.25) is 0 Å². The molecule has 4 rings (SSSR count). The Morgan fingerprint density at radius 2 is 1.62 bits per heavy atom. The minimum Gasteiger partial charge on any atom is -0.507 e. The van der Waals surface area contributed by atoms with Crippen molar-refractivity contribution in [1.82, 2.24) is 9.97 Å². The number of aryl methyl sites for hydroxylation is 1. The quantitative estimate of drug-likeness (QED) is 0.379. The highest BCUT2D eigenvalue weighted by Crippen LogP contribution is 2.37. The second-order valence-corrected chi connectivity index (χ2v) is 7.62. The number of halogens is 1. The van der Waals surface area contributed by atoms with E-state index in [1.165, 1.54) is 0 Å². The number of benzene rings is 2. The van der Waals surface area contributed by atoms with Gasteiger partial charge in [0.25, 0.3) is 0 Å². The van der Waals surface area contributed by atoms with E-state index in [1.807, 2.05) is 55.7 Å². The van der Waals surface area contributed by atoms with Crippen molar-refractivity contribution in [1.29, 1.82) is 0 Å². The summed E-state index contributed by atoms with van der Waals surface area (Å²) in [4.78, 5) is 9.27. The van der Waals surface area contributed by atoms with Crippen molar-refractivity contribution < 1.29 is 5.11 Å². The first-order valence-corrected chi connectivity index (χ1v) is 10.0. The van der Waals surface area contributed by atoms with Crippen LogP contribution in [0.25, 0.3) is 34.7 Å². The molecule has 2 heterocycles. The molecule has 0 saturated carbocycles. The lowest BCUT2D eigenvalue weighted by Gasteiger charge is -2.12. The molecule has 2 aromatic carbocycles. The topological polar surface area (TPSA) is 46.0 Å². The van der Waals surface area contributed by atoms with E-state index in [9.17, 15) is 5.11 Å². The summed E-state index contributed by atoms with van der Waals surface area (Å²) in [5.74, 6) is 0.196. The average Bonchev–Trinajstić information content (AvgIpc) is 2.74. The molecule has 0 aliphatic rings. The Balaban J connectivity index is 1.89. The molecule has 0 atom stereocenters. The van der Waals surface area contributed by atoms with E-state index in [0.717, 1.165) is 32.4 Å². The number of aromatic hydroxyl groups is 1. The molecule has 29 heavy (non-hydrogen) atoms. The summed E-state index contributed by atoms with van der Waals surface area (Å²) < 4.78 is 0.816. The Kier molecular flexibility index (Phi) is 5.54. The van der Waals surface area contributed by atoms with Gasteiger partial charge in [0.1, 0.15) is 5.75 Å². The number of pyridine rings is 2. The summed E-state index contributed by atoms with van der Waals surface area (Å²) in [7, 11) is 0. The third-order valence-electron chi connectivity index (χ3n) is 4.57. The molecule has 2 aromatic heterocycles. The smallest absolute Gasteiger partial charge is 0.125 e. The fourth-order valence-corrected chi connectivity index (χ4v) is 3.71. The SMILES string of the molecule is Cc1cncc(-c2nc(-c3ccccc3O)c(Br)cc2/C=C/c2ccccc2)c1. The third kappa shape index (κ3) is 4.28. The Morgan fingerprint density at radius 1 is 0.862 bits per heavy atom. The maximum atomic E-state index is 10.3. The second kappa shape index (κ2) is 8.41. The molecule has 0 aliphatic heterocycles. The summed E-state index contributed by atoms with van der Waals surface area (Å²) >= 11 is 3.64. The van der Waals surface area contributed by atoms with Gasteiger partial charge in [0.2, 0.25) is 0 Å². The Labute approximate surface area is 178 Å². The largest absolute Gasteiger partial charge is 0.507 e. The van der Waals surface area contributed by atoms with Crippen LogP contribution in [-0.2, 0) is 0 Å². The molecule has 0 radical (unpaired) electrons. The third-order valence-corrected chi connectivity index (χ3v) is 5.17. The van der Waals surface area contributed by atoms with Gasteiger partial charge in [0.05, 0.1) is 11.4 Å². The summed E-state index contributed by atoms with van der Waals surface area (Å²) in [5, 5.41) is 10.3. The summed E-state index contributed by atoms with van der Waals surface area (Å²) in [6.07, 6.45) is 7.76. The predicted molar refractivity (Wildman–Crippen MR) is 122 cm³/mol. The van der Waals surface area contributed by atoms with Crippen LogP contribution in [0.4, 0.5) is 0 Å². The number of phenols is 1. The van der Waals surface area contributed by atoms with Gasteiger partial charge < -0.3 is 5.11 Å². The van der Waals surface area contributed by atoms with Gasteiger partial charge >= 0.3 is 0 Å². The van der Waals surface area contributed by atoms with E-state index < -0.39 is 0 Å². The van der Waals surface area contributed by atoms with Gasteiger partial charge in [-0.2, -0.15) is 0 Å². The lowest BCUT2D eigenvalue weighted by Crippen LogP contribution is -1.95. The highest BCUT2D eigenvalue weighted by molar-refractivity contribution is 9.10. The number of hydrogen-bond acceptors (Lipinski definition) is 3. The van der Waals surface area contributed by atoms with E-state index >= 15 is 0 Å². The van der Waals surface area contributed by atoms with Crippen LogP contribution in [0.3, 0.4) is 0 Å². The minimum absolute atomic E-state index is 0.196. The lowest BCUT2D eigenvalue weighted by atomic mass is 10.0. The molecule has 4 heteroatoms. The van der Waals surface area contributed by atoms with Crippen molar-refractivity contribution in [2.75, 3.05) is 0 Å². The van der Waals surface area contributed by atoms with Crippen LogP contribution in [-0.4, -0.2) is 15.1 Å². The molecule has 142 valence electrons. The van der Waals surface area contributed by atoms with E-state index in [2.05, 4.69) is 51.3 Å². The van der Waals surface area contributed by atoms with Crippen molar-refractivity contribution in [3.63, 3.8) is 0 Å². The minimum atomic E-state index is 0.196. The molecule has 0 spiro atoms. The van der Waals surface area contributed by atoms with Crippen LogP contribution in [0, 0.1) is 6.92 Å². The molecule has 0 saturated heterocycles. The van der Waals surface area contributed by atoms with Gasteiger partial charge in [0.15, 0.2) is 0 Å². The Morgan fingerprint density at radius 3 is 2.38 bits per heavy atom. The van der Waals surface area contributed by atoms with Crippen LogP contribution < -0.4 is 0 Å². The number of nitrogens with zero attached hydrogens (tertiary/aromatic N) is 2. The molecule has 4 aromatic rings. The fraction of sp³-hybridized carbons (Fsp3) is 0.0400. The van der Waals surface area contributed by atoms with Gasteiger partial charge in [-0.15, -0.1) is 0 Å². The molecular weight excluding hydrogens is 424 g/mol. The normalized spacial score (nSPS) is 11.1. The number of para-hydroxylation sites is 1. The molecule has 0 fully saturated rings.